The lowest BCUT2D eigenvalue weighted by atomic mass is 10.0. The third-order valence-electron chi connectivity index (χ3n) is 3.03. The zero-order valence-electron chi connectivity index (χ0n) is 11.4. The number of benzene rings is 1. The maximum atomic E-state index is 12.5. The molecule has 1 heterocycles. The smallest absolute Gasteiger partial charge is 0.416 e. The van der Waals surface area contributed by atoms with Crippen LogP contribution in [0.15, 0.2) is 30.3 Å². The van der Waals surface area contributed by atoms with Crippen molar-refractivity contribution in [3.63, 3.8) is 0 Å². The van der Waals surface area contributed by atoms with E-state index in [0.717, 1.165) is 33.2 Å². The predicted octanol–water partition coefficient (Wildman–Crippen LogP) is 5.57. The van der Waals surface area contributed by atoms with Crippen LogP contribution in [-0.2, 0) is 6.18 Å². The van der Waals surface area contributed by atoms with Gasteiger partial charge in [0.2, 0.25) is 0 Å². The lowest BCUT2D eigenvalue weighted by Crippen LogP contribution is -2.03. The van der Waals surface area contributed by atoms with E-state index in [1.54, 1.807) is 7.11 Å². The Morgan fingerprint density at radius 2 is 1.70 bits per heavy atom. The van der Waals surface area contributed by atoms with Crippen LogP contribution in [-0.4, -0.2) is 7.11 Å². The highest BCUT2D eigenvalue weighted by atomic mass is 32.1. The van der Waals surface area contributed by atoms with Crippen molar-refractivity contribution in [1.29, 1.82) is 0 Å². The van der Waals surface area contributed by atoms with Gasteiger partial charge in [-0.25, -0.2) is 0 Å². The fourth-order valence-electron chi connectivity index (χ4n) is 1.92. The highest BCUT2D eigenvalue weighted by molar-refractivity contribution is 7.17. The predicted molar refractivity (Wildman–Crippen MR) is 75.4 cm³/mol. The van der Waals surface area contributed by atoms with E-state index in [2.05, 4.69) is 13.8 Å². The molecule has 0 aliphatic carbocycles. The van der Waals surface area contributed by atoms with Gasteiger partial charge in [0.15, 0.2) is 5.06 Å². The molecule has 1 nitrogen and oxygen atoms in total. The van der Waals surface area contributed by atoms with E-state index in [4.69, 9.17) is 4.74 Å². The van der Waals surface area contributed by atoms with Crippen LogP contribution in [0.3, 0.4) is 0 Å². The van der Waals surface area contributed by atoms with Gasteiger partial charge in [0.05, 0.1) is 12.7 Å². The normalized spacial score (nSPS) is 11.9. The summed E-state index contributed by atoms with van der Waals surface area (Å²) in [6.07, 6.45) is -4.30. The second kappa shape index (κ2) is 5.48. The van der Waals surface area contributed by atoms with Crippen molar-refractivity contribution in [2.75, 3.05) is 7.11 Å². The largest absolute Gasteiger partial charge is 0.487 e. The molecule has 20 heavy (non-hydrogen) atoms. The number of alkyl halides is 3. The van der Waals surface area contributed by atoms with Crippen LogP contribution in [0.1, 0.15) is 30.9 Å². The highest BCUT2D eigenvalue weighted by Gasteiger charge is 2.30. The van der Waals surface area contributed by atoms with Crippen molar-refractivity contribution in [2.45, 2.75) is 25.9 Å². The quantitative estimate of drug-likeness (QED) is 0.720. The average Bonchev–Trinajstić information content (AvgIpc) is 2.82. The Morgan fingerprint density at radius 3 is 2.10 bits per heavy atom. The first-order valence-electron chi connectivity index (χ1n) is 6.18. The van der Waals surface area contributed by atoms with Crippen LogP contribution < -0.4 is 4.74 Å². The van der Waals surface area contributed by atoms with Gasteiger partial charge in [-0.2, -0.15) is 13.2 Å². The minimum Gasteiger partial charge on any atom is -0.487 e. The van der Waals surface area contributed by atoms with Crippen molar-refractivity contribution in [3.8, 4) is 15.5 Å². The van der Waals surface area contributed by atoms with Crippen LogP contribution in [0.25, 0.3) is 10.4 Å². The molecular formula is C15H15F3OS. The molecule has 0 aliphatic rings. The van der Waals surface area contributed by atoms with Gasteiger partial charge in [0, 0.05) is 10.4 Å². The summed E-state index contributed by atoms with van der Waals surface area (Å²) < 4.78 is 42.9. The Balaban J connectivity index is 2.37. The number of ether oxygens (including phenoxy) is 1. The number of hydrogen-bond acceptors (Lipinski definition) is 2. The Kier molecular flexibility index (Phi) is 4.09. The second-order valence-electron chi connectivity index (χ2n) is 4.79. The number of thiophene rings is 1. The zero-order valence-corrected chi connectivity index (χ0v) is 12.2. The molecule has 2 rings (SSSR count). The first-order chi connectivity index (χ1) is 9.32. The van der Waals surface area contributed by atoms with Crippen LogP contribution in [0.5, 0.6) is 5.06 Å². The van der Waals surface area contributed by atoms with Crippen molar-refractivity contribution in [2.24, 2.45) is 0 Å². The van der Waals surface area contributed by atoms with Gasteiger partial charge < -0.3 is 4.74 Å². The number of methoxy groups -OCH3 is 1. The molecule has 0 fully saturated rings. The van der Waals surface area contributed by atoms with Gasteiger partial charge >= 0.3 is 6.18 Å². The molecule has 1 aromatic heterocycles. The lowest BCUT2D eigenvalue weighted by molar-refractivity contribution is -0.137. The lowest BCUT2D eigenvalue weighted by Gasteiger charge is -2.06. The molecule has 0 amide bonds. The number of rotatable bonds is 3. The third kappa shape index (κ3) is 2.98. The molecule has 1 aromatic carbocycles. The molecular weight excluding hydrogens is 285 g/mol. The van der Waals surface area contributed by atoms with Crippen molar-refractivity contribution >= 4 is 11.3 Å². The van der Waals surface area contributed by atoms with E-state index in [1.807, 2.05) is 6.07 Å². The molecule has 0 saturated heterocycles. The molecule has 0 spiro atoms. The van der Waals surface area contributed by atoms with Crippen LogP contribution in [0.2, 0.25) is 0 Å². The van der Waals surface area contributed by atoms with E-state index in [0.29, 0.717) is 5.92 Å². The van der Waals surface area contributed by atoms with Gasteiger partial charge in [-0.1, -0.05) is 37.3 Å². The molecule has 0 radical (unpaired) electrons. The summed E-state index contributed by atoms with van der Waals surface area (Å²) >= 11 is 1.45. The minimum atomic E-state index is -4.30. The van der Waals surface area contributed by atoms with Crippen LogP contribution in [0.4, 0.5) is 13.2 Å². The first-order valence-corrected chi connectivity index (χ1v) is 7.00. The number of hydrogen-bond donors (Lipinski definition) is 0. The summed E-state index contributed by atoms with van der Waals surface area (Å²) in [5.41, 5.74) is 1.22. The van der Waals surface area contributed by atoms with Gasteiger partial charge in [-0.05, 0) is 29.7 Å². The summed E-state index contributed by atoms with van der Waals surface area (Å²) in [6, 6.07) is 7.19. The standard InChI is InChI=1S/C15H15F3OS/c1-9(2)12-8-13(20-14(12)19-3)10-4-6-11(7-5-10)15(16,17)18/h4-9H,1-3H3. The van der Waals surface area contributed by atoms with Crippen molar-refractivity contribution in [3.05, 3.63) is 41.5 Å². The summed E-state index contributed by atoms with van der Waals surface area (Å²) in [4.78, 5) is 0.916. The fraction of sp³-hybridized carbons (Fsp3) is 0.333. The molecule has 0 atom stereocenters. The van der Waals surface area contributed by atoms with E-state index in [-0.39, 0.29) is 0 Å². The Labute approximate surface area is 120 Å². The van der Waals surface area contributed by atoms with Gasteiger partial charge in [-0.3, -0.25) is 0 Å². The molecule has 108 valence electrons. The average molecular weight is 300 g/mol. The maximum Gasteiger partial charge on any atom is 0.416 e. The molecule has 2 aromatic rings. The number of halogens is 3. The first kappa shape index (κ1) is 14.9. The molecule has 5 heteroatoms. The van der Waals surface area contributed by atoms with Crippen LogP contribution >= 0.6 is 11.3 Å². The van der Waals surface area contributed by atoms with E-state index >= 15 is 0 Å². The monoisotopic (exact) mass is 300 g/mol. The van der Waals surface area contributed by atoms with Gasteiger partial charge in [0.1, 0.15) is 0 Å². The summed E-state index contributed by atoms with van der Waals surface area (Å²) in [7, 11) is 1.61. The molecule has 0 saturated carbocycles. The molecule has 0 aliphatic heterocycles. The minimum absolute atomic E-state index is 0.310. The molecule has 0 N–H and O–H groups in total. The SMILES string of the molecule is COc1sc(-c2ccc(C(F)(F)F)cc2)cc1C(C)C. The summed E-state index contributed by atoms with van der Waals surface area (Å²) in [5.74, 6) is 0.310. The van der Waals surface area contributed by atoms with E-state index in [9.17, 15) is 13.2 Å². The van der Waals surface area contributed by atoms with Gasteiger partial charge in [-0.15, -0.1) is 0 Å². The Morgan fingerprint density at radius 1 is 1.10 bits per heavy atom. The summed E-state index contributed by atoms with van der Waals surface area (Å²) in [6.45, 7) is 4.11. The molecule has 0 unspecified atom stereocenters. The fourth-order valence-corrected chi connectivity index (χ4v) is 3.05. The Bertz CT molecular complexity index is 582. The van der Waals surface area contributed by atoms with E-state index in [1.165, 1.54) is 23.5 Å². The molecule has 0 bridgehead atoms. The topological polar surface area (TPSA) is 9.23 Å². The van der Waals surface area contributed by atoms with E-state index < -0.39 is 11.7 Å². The summed E-state index contributed by atoms with van der Waals surface area (Å²) in [5, 5.41) is 0.815. The zero-order chi connectivity index (χ0) is 14.9. The Hall–Kier alpha value is -1.49. The van der Waals surface area contributed by atoms with Crippen molar-refractivity contribution in [1.82, 2.24) is 0 Å². The van der Waals surface area contributed by atoms with Crippen LogP contribution in [0, 0.1) is 0 Å². The van der Waals surface area contributed by atoms with Crippen molar-refractivity contribution < 1.29 is 17.9 Å². The maximum absolute atomic E-state index is 12.5. The second-order valence-corrected chi connectivity index (χ2v) is 5.80. The van der Waals surface area contributed by atoms with Gasteiger partial charge in [0.25, 0.3) is 0 Å². The highest BCUT2D eigenvalue weighted by Crippen LogP contribution is 2.41. The third-order valence-corrected chi connectivity index (χ3v) is 4.19.